The van der Waals surface area contributed by atoms with Crippen molar-refractivity contribution in [2.24, 2.45) is 5.92 Å². The number of hydrogen-bond acceptors (Lipinski definition) is 2. The van der Waals surface area contributed by atoms with Gasteiger partial charge in [0.2, 0.25) is 0 Å². The maximum Gasteiger partial charge on any atom is 0.277 e. The summed E-state index contributed by atoms with van der Waals surface area (Å²) in [4.78, 5) is 11.6. The van der Waals surface area contributed by atoms with Crippen molar-refractivity contribution < 1.29 is 4.92 Å². The first-order valence-electron chi connectivity index (χ1n) is 9.76. The van der Waals surface area contributed by atoms with Gasteiger partial charge in [0.1, 0.15) is 0 Å². The maximum absolute atomic E-state index is 11.9. The molecule has 1 aliphatic rings. The van der Waals surface area contributed by atoms with Crippen LogP contribution < -0.4 is 0 Å². The summed E-state index contributed by atoms with van der Waals surface area (Å²) in [6.45, 7) is 2.20. The highest BCUT2D eigenvalue weighted by Gasteiger charge is 2.23. The molecule has 0 spiro atoms. The highest BCUT2D eigenvalue weighted by atomic mass is 16.6. The Kier molecular flexibility index (Phi) is 4.06. The molecule has 0 N–H and O–H groups in total. The molecule has 4 aromatic rings. The Morgan fingerprint density at radius 3 is 2.55 bits per heavy atom. The third kappa shape index (κ3) is 2.76. The fourth-order valence-corrected chi connectivity index (χ4v) is 4.41. The number of hydrogen-bond donors (Lipinski definition) is 0. The van der Waals surface area contributed by atoms with Gasteiger partial charge in [-0.05, 0) is 40.5 Å². The smallest absolute Gasteiger partial charge is 0.277 e. The second-order valence-corrected chi connectivity index (χ2v) is 7.52. The van der Waals surface area contributed by atoms with E-state index in [4.69, 9.17) is 0 Å². The average molecular weight is 380 g/mol. The van der Waals surface area contributed by atoms with Gasteiger partial charge < -0.3 is 4.57 Å². The van der Waals surface area contributed by atoms with E-state index in [1.165, 1.54) is 0 Å². The van der Waals surface area contributed by atoms with E-state index in [9.17, 15) is 10.1 Å². The monoisotopic (exact) mass is 380 g/mol. The molecule has 29 heavy (non-hydrogen) atoms. The van der Waals surface area contributed by atoms with Gasteiger partial charge in [-0.2, -0.15) is 0 Å². The predicted octanol–water partition coefficient (Wildman–Crippen LogP) is 6.67. The van der Waals surface area contributed by atoms with Gasteiger partial charge in [0.05, 0.1) is 16.5 Å². The van der Waals surface area contributed by atoms with Gasteiger partial charge in [0, 0.05) is 23.2 Å². The van der Waals surface area contributed by atoms with Gasteiger partial charge in [-0.1, -0.05) is 67.6 Å². The van der Waals surface area contributed by atoms with E-state index in [1.54, 1.807) is 6.07 Å². The lowest BCUT2D eigenvalue weighted by atomic mass is 9.94. The van der Waals surface area contributed by atoms with Crippen molar-refractivity contribution >= 4 is 27.4 Å². The molecule has 0 aliphatic heterocycles. The lowest BCUT2D eigenvalue weighted by Gasteiger charge is -2.23. The summed E-state index contributed by atoms with van der Waals surface area (Å²) in [5.74, 6) is 0.381. The molecule has 4 heteroatoms. The van der Waals surface area contributed by atoms with Gasteiger partial charge in [-0.25, -0.2) is 0 Å². The molecule has 0 bridgehead atoms. The number of aromatic nitrogens is 1. The molecule has 0 radical (unpaired) electrons. The zero-order chi connectivity index (χ0) is 20.0. The zero-order valence-electron chi connectivity index (χ0n) is 16.0. The molecule has 0 amide bonds. The number of allylic oxidation sites excluding steroid dienone is 4. The summed E-state index contributed by atoms with van der Waals surface area (Å²) < 4.78 is 2.26. The van der Waals surface area contributed by atoms with Crippen molar-refractivity contribution in [3.8, 4) is 11.1 Å². The molecule has 0 saturated carbocycles. The normalized spacial score (nSPS) is 18.5. The number of rotatable bonds is 3. The SMILES string of the molecule is CC1C=CC=CC1n1ccc2c(-c3c([N+](=O)[O-])ccc4ccccc34)cccc21. The molecular weight excluding hydrogens is 360 g/mol. The van der Waals surface area contributed by atoms with Crippen molar-refractivity contribution in [3.63, 3.8) is 0 Å². The fraction of sp³-hybridized carbons (Fsp3) is 0.120. The lowest BCUT2D eigenvalue weighted by molar-refractivity contribution is -0.384. The Morgan fingerprint density at radius 2 is 1.72 bits per heavy atom. The summed E-state index contributed by atoms with van der Waals surface area (Å²) in [5, 5.41) is 14.8. The number of nitro groups is 1. The Hall–Kier alpha value is -3.66. The van der Waals surface area contributed by atoms with Crippen molar-refractivity contribution in [2.45, 2.75) is 13.0 Å². The minimum Gasteiger partial charge on any atom is -0.340 e. The summed E-state index contributed by atoms with van der Waals surface area (Å²) >= 11 is 0. The van der Waals surface area contributed by atoms with Crippen LogP contribution in [0, 0.1) is 16.0 Å². The zero-order valence-corrected chi connectivity index (χ0v) is 16.0. The van der Waals surface area contributed by atoms with Crippen LogP contribution >= 0.6 is 0 Å². The summed E-state index contributed by atoms with van der Waals surface area (Å²) in [5.41, 5.74) is 2.80. The summed E-state index contributed by atoms with van der Waals surface area (Å²) in [6.07, 6.45) is 10.7. The molecule has 4 nitrogen and oxygen atoms in total. The van der Waals surface area contributed by atoms with Gasteiger partial charge in [-0.3, -0.25) is 10.1 Å². The Bertz CT molecular complexity index is 1310. The molecule has 2 atom stereocenters. The highest BCUT2D eigenvalue weighted by Crippen LogP contribution is 2.41. The molecule has 1 heterocycles. The van der Waals surface area contributed by atoms with Crippen LogP contribution in [0.5, 0.6) is 0 Å². The highest BCUT2D eigenvalue weighted by molar-refractivity contribution is 6.08. The number of nitro benzene ring substituents is 1. The van der Waals surface area contributed by atoms with Crippen molar-refractivity contribution in [1.82, 2.24) is 4.57 Å². The van der Waals surface area contributed by atoms with E-state index in [0.29, 0.717) is 11.5 Å². The predicted molar refractivity (Wildman–Crippen MR) is 118 cm³/mol. The number of fused-ring (bicyclic) bond motifs is 2. The average Bonchev–Trinajstić information content (AvgIpc) is 3.17. The van der Waals surface area contributed by atoms with E-state index in [2.05, 4.69) is 54.1 Å². The van der Waals surface area contributed by atoms with Gasteiger partial charge in [0.15, 0.2) is 0 Å². The lowest BCUT2D eigenvalue weighted by Crippen LogP contribution is -2.14. The summed E-state index contributed by atoms with van der Waals surface area (Å²) in [7, 11) is 0. The molecule has 0 fully saturated rings. The van der Waals surface area contributed by atoms with Crippen LogP contribution in [0.3, 0.4) is 0 Å². The first kappa shape index (κ1) is 17.4. The van der Waals surface area contributed by atoms with E-state index in [1.807, 2.05) is 42.5 Å². The second kappa shape index (κ2) is 6.74. The molecule has 0 saturated heterocycles. The second-order valence-electron chi connectivity index (χ2n) is 7.52. The quantitative estimate of drug-likeness (QED) is 0.294. The fourth-order valence-electron chi connectivity index (χ4n) is 4.41. The number of benzene rings is 3. The molecule has 5 rings (SSSR count). The van der Waals surface area contributed by atoms with Crippen molar-refractivity contribution in [2.75, 3.05) is 0 Å². The largest absolute Gasteiger partial charge is 0.340 e. The molecule has 2 unspecified atom stereocenters. The first-order chi connectivity index (χ1) is 14.1. The Morgan fingerprint density at radius 1 is 0.897 bits per heavy atom. The van der Waals surface area contributed by atoms with Crippen LogP contribution in [0.2, 0.25) is 0 Å². The van der Waals surface area contributed by atoms with Crippen molar-refractivity contribution in [1.29, 1.82) is 0 Å². The van der Waals surface area contributed by atoms with Crippen LogP contribution in [-0.4, -0.2) is 9.49 Å². The Balaban J connectivity index is 1.79. The molecule has 1 aliphatic carbocycles. The molecule has 3 aromatic carbocycles. The van der Waals surface area contributed by atoms with Crippen LogP contribution in [0.4, 0.5) is 5.69 Å². The van der Waals surface area contributed by atoms with E-state index < -0.39 is 0 Å². The van der Waals surface area contributed by atoms with Gasteiger partial charge in [0.25, 0.3) is 5.69 Å². The Labute approximate surface area is 168 Å². The topological polar surface area (TPSA) is 48.1 Å². The maximum atomic E-state index is 11.9. The molecular formula is C25H20N2O2. The number of nitrogens with zero attached hydrogens (tertiary/aromatic N) is 2. The third-order valence-corrected chi connectivity index (χ3v) is 5.83. The van der Waals surface area contributed by atoms with E-state index in [-0.39, 0.29) is 16.7 Å². The minimum absolute atomic E-state index is 0.137. The third-order valence-electron chi connectivity index (χ3n) is 5.83. The standard InChI is InChI=1S/C25H20N2O2/c1-17-7-2-5-11-22(17)26-16-15-20-21(10-6-12-23(20)26)25-19-9-4-3-8-18(19)13-14-24(25)27(28)29/h2-17,22H,1H3. The summed E-state index contributed by atoms with van der Waals surface area (Å²) in [6, 6.07) is 19.7. The van der Waals surface area contributed by atoms with Gasteiger partial charge >= 0.3 is 0 Å². The first-order valence-corrected chi connectivity index (χ1v) is 9.76. The van der Waals surface area contributed by atoms with E-state index >= 15 is 0 Å². The van der Waals surface area contributed by atoms with E-state index in [0.717, 1.165) is 27.2 Å². The van der Waals surface area contributed by atoms with Crippen LogP contribution in [0.15, 0.2) is 91.2 Å². The van der Waals surface area contributed by atoms with Crippen LogP contribution in [0.1, 0.15) is 13.0 Å². The minimum atomic E-state index is -0.283. The van der Waals surface area contributed by atoms with Gasteiger partial charge in [-0.15, -0.1) is 0 Å². The van der Waals surface area contributed by atoms with Crippen LogP contribution in [0.25, 0.3) is 32.8 Å². The van der Waals surface area contributed by atoms with Crippen molar-refractivity contribution in [3.05, 3.63) is 101 Å². The molecule has 142 valence electrons. The van der Waals surface area contributed by atoms with Crippen LogP contribution in [-0.2, 0) is 0 Å². The molecule has 1 aromatic heterocycles.